The summed E-state index contributed by atoms with van der Waals surface area (Å²) in [5.41, 5.74) is 0. The molecule has 1 rings (SSSR count). The van der Waals surface area contributed by atoms with Gasteiger partial charge >= 0.3 is 62.4 Å². The first-order valence-corrected chi connectivity index (χ1v) is 12.3. The third kappa shape index (κ3) is 2.29. The van der Waals surface area contributed by atoms with Gasteiger partial charge in [0.15, 0.2) is 0 Å². The molecule has 0 heterocycles. The molecule has 0 saturated carbocycles. The van der Waals surface area contributed by atoms with Gasteiger partial charge < -0.3 is 0 Å². The molecule has 0 saturated heterocycles. The SMILES string of the molecule is [CH2]=[Gd](=[CH2])(=[CH2])(=[CH2])(=[CH2])[C]1=CC=CC1. The van der Waals surface area contributed by atoms with Crippen LogP contribution in [0.5, 0.6) is 0 Å². The summed E-state index contributed by atoms with van der Waals surface area (Å²) < 4.78 is 21.4. The van der Waals surface area contributed by atoms with Crippen molar-refractivity contribution in [1.82, 2.24) is 0 Å². The van der Waals surface area contributed by atoms with E-state index in [0.29, 0.717) is 0 Å². The van der Waals surface area contributed by atoms with E-state index >= 15 is 0 Å². The zero-order valence-electron chi connectivity index (χ0n) is 6.83. The van der Waals surface area contributed by atoms with Crippen LogP contribution >= 0.6 is 0 Å². The molecule has 0 spiro atoms. The Labute approximate surface area is 61.5 Å². The molecular formula is C10H15Gd. The molecule has 0 aromatic carbocycles. The summed E-state index contributed by atoms with van der Waals surface area (Å²) in [6, 6.07) is 0. The topological polar surface area (TPSA) is 0 Å². The van der Waals surface area contributed by atoms with Crippen molar-refractivity contribution in [2.24, 2.45) is 0 Å². The molecule has 0 amide bonds. The molecule has 0 aromatic rings. The summed E-state index contributed by atoms with van der Waals surface area (Å²) in [5.74, 6) is 0. The first-order valence-electron chi connectivity index (χ1n) is 3.14. The van der Waals surface area contributed by atoms with Crippen molar-refractivity contribution < 1.29 is 25.1 Å². The fraction of sp³-hybridized carbons (Fsp3) is 0.100. The van der Waals surface area contributed by atoms with Gasteiger partial charge in [0.2, 0.25) is 0 Å². The Balaban J connectivity index is 3.80. The van der Waals surface area contributed by atoms with Crippen LogP contribution < -0.4 is 0 Å². The molecule has 1 heteroatoms. The van der Waals surface area contributed by atoms with Crippen molar-refractivity contribution in [3.05, 3.63) is 19.6 Å². The molecule has 0 nitrogen and oxygen atoms in total. The Morgan fingerprint density at radius 1 is 1.09 bits per heavy atom. The van der Waals surface area contributed by atoms with E-state index in [0.717, 1.165) is 7.77 Å². The zero-order chi connectivity index (χ0) is 8.81. The first kappa shape index (κ1) is 9.24. The molecule has 0 fully saturated rings. The van der Waals surface area contributed by atoms with E-state index in [1.165, 1.54) is 0 Å². The fourth-order valence-electron chi connectivity index (χ4n) is 0.879. The summed E-state index contributed by atoms with van der Waals surface area (Å²) in [6.45, 7) is 0. The van der Waals surface area contributed by atoms with Gasteiger partial charge in [-0.2, -0.15) is 0 Å². The van der Waals surface area contributed by atoms with Gasteiger partial charge in [-0.05, 0) is 0 Å². The Bertz CT molecular complexity index is 580. The quantitative estimate of drug-likeness (QED) is 0.682. The molecule has 0 aromatic heterocycles. The van der Waals surface area contributed by atoms with E-state index in [1.54, 1.807) is 0 Å². The van der Waals surface area contributed by atoms with Gasteiger partial charge in [0, 0.05) is 0 Å². The van der Waals surface area contributed by atoms with Crippen molar-refractivity contribution >= 4 is 11.3 Å². The molecule has 1 aliphatic carbocycles. The van der Waals surface area contributed by atoms with Crippen molar-refractivity contribution in [2.45, 2.75) is 6.42 Å². The van der Waals surface area contributed by atoms with E-state index in [9.17, 15) is 0 Å². The number of hydrogen-bond acceptors (Lipinski definition) is 0. The van der Waals surface area contributed by atoms with Gasteiger partial charge in [0.25, 0.3) is 0 Å². The van der Waals surface area contributed by atoms with Crippen LogP contribution in [-0.2, 0) is 0 Å². The summed E-state index contributed by atoms with van der Waals surface area (Å²) in [4.78, 5) is 0. The number of allylic oxidation sites excluding steroid dienone is 4. The summed E-state index contributed by atoms with van der Waals surface area (Å²) in [7, 11) is 0. The summed E-state index contributed by atoms with van der Waals surface area (Å²) >= 11 is -3.91. The summed E-state index contributed by atoms with van der Waals surface area (Å²) in [5, 5.41) is 0. The Kier molecular flexibility index (Phi) is 1.46. The molecule has 1 aliphatic rings. The fourth-order valence-corrected chi connectivity index (χ4v) is 4.34. The average Bonchev–Trinajstić information content (AvgIpc) is 2.01. The van der Waals surface area contributed by atoms with Crippen LogP contribution in [0.2, 0.25) is 0 Å². The van der Waals surface area contributed by atoms with Crippen LogP contribution in [-0.4, -0.2) is 11.3 Å². The second kappa shape index (κ2) is 1.73. The molecule has 0 bridgehead atoms. The van der Waals surface area contributed by atoms with Crippen LogP contribution in [0.3, 0.4) is 0 Å². The van der Waals surface area contributed by atoms with Crippen molar-refractivity contribution in [3.8, 4) is 0 Å². The Hall–Kier alpha value is 0.155. The monoisotopic (exact) mass is 293 g/mol. The molecule has 11 heavy (non-hydrogen) atoms. The van der Waals surface area contributed by atoms with E-state index in [-0.39, 0.29) is 0 Å². The van der Waals surface area contributed by atoms with E-state index in [1.807, 2.05) is 12.2 Å². The summed E-state index contributed by atoms with van der Waals surface area (Å²) in [6.07, 6.45) is 6.96. The van der Waals surface area contributed by atoms with Crippen LogP contribution in [0.15, 0.2) is 19.6 Å². The van der Waals surface area contributed by atoms with Gasteiger partial charge in [-0.25, -0.2) is 0 Å². The molecule has 0 atom stereocenters. The molecule has 0 aliphatic heterocycles. The van der Waals surface area contributed by atoms with Gasteiger partial charge in [0.1, 0.15) is 0 Å². The van der Waals surface area contributed by atoms with Crippen LogP contribution in [0.4, 0.5) is 0 Å². The predicted octanol–water partition coefficient (Wildman–Crippen LogP) is 1.22. The number of rotatable bonds is 1. The molecule has 0 unspecified atom stereocenters. The Morgan fingerprint density at radius 3 is 1.82 bits per heavy atom. The minimum atomic E-state index is -3.91. The van der Waals surface area contributed by atoms with Gasteiger partial charge in [-0.3, -0.25) is 0 Å². The normalized spacial score (nSPS) is 23.8. The first-order chi connectivity index (χ1) is 4.59. The third-order valence-corrected chi connectivity index (χ3v) is 7.51. The van der Waals surface area contributed by atoms with Gasteiger partial charge in [0.05, 0.1) is 0 Å². The average molecular weight is 292 g/mol. The predicted molar refractivity (Wildman–Crippen MR) is 57.4 cm³/mol. The molecule has 0 N–H and O–H groups in total. The maximum atomic E-state index is 4.06. The van der Waals surface area contributed by atoms with Crippen LogP contribution in [0, 0.1) is 25.1 Å². The van der Waals surface area contributed by atoms with Gasteiger partial charge in [-0.15, -0.1) is 0 Å². The van der Waals surface area contributed by atoms with Crippen molar-refractivity contribution in [3.63, 3.8) is 0 Å². The minimum absolute atomic E-state index is 0.885. The zero-order valence-corrected chi connectivity index (χ0v) is 9.10. The third-order valence-electron chi connectivity index (χ3n) is 1.52. The van der Waals surface area contributed by atoms with E-state index in [4.69, 9.17) is 0 Å². The number of hydrogen-bond donors (Lipinski definition) is 0. The second-order valence-electron chi connectivity index (χ2n) is 3.62. The Morgan fingerprint density at radius 2 is 1.64 bits per heavy atom. The van der Waals surface area contributed by atoms with Gasteiger partial charge in [-0.1, -0.05) is 0 Å². The van der Waals surface area contributed by atoms with E-state index in [2.05, 4.69) is 17.4 Å². The van der Waals surface area contributed by atoms with Crippen LogP contribution in [0.1, 0.15) is 6.42 Å². The molecule has 63 valence electrons. The maximum absolute atomic E-state index is 4.06. The van der Waals surface area contributed by atoms with Crippen molar-refractivity contribution in [2.75, 3.05) is 0 Å². The van der Waals surface area contributed by atoms with Crippen molar-refractivity contribution in [1.29, 1.82) is 0 Å². The standard InChI is InChI=1S/C5H5.5CH2.Gd/c1-2-4-5-3-1;;;;;;/h1-3H,4H2;5*1H2;. The molecule has 0 radical (unpaired) electrons. The molecular weight excluding hydrogens is 277 g/mol. The van der Waals surface area contributed by atoms with Crippen LogP contribution in [0.25, 0.3) is 0 Å². The van der Waals surface area contributed by atoms with E-state index < -0.39 is 25.1 Å². The second-order valence-corrected chi connectivity index (χ2v) is 20.4.